The van der Waals surface area contributed by atoms with Crippen LogP contribution in [-0.2, 0) is 38.9 Å². The molecule has 0 saturated heterocycles. The molecule has 3 rings (SSSR count). The lowest BCUT2D eigenvalue weighted by atomic mass is 9.95. The van der Waals surface area contributed by atoms with Crippen LogP contribution < -0.4 is 10.1 Å². The first-order valence-corrected chi connectivity index (χ1v) is 13.1. The van der Waals surface area contributed by atoms with E-state index in [1.807, 2.05) is 0 Å². The number of sulfonamides is 1. The first-order valence-electron chi connectivity index (χ1n) is 10.4. The van der Waals surface area contributed by atoms with Gasteiger partial charge in [0.1, 0.15) is 10.8 Å². The molecule has 0 saturated carbocycles. The molecular formula is C22H28N2O6S2. The number of hydrogen-bond donors (Lipinski definition) is 1. The molecule has 1 aliphatic carbocycles. The summed E-state index contributed by atoms with van der Waals surface area (Å²) in [6.45, 7) is 2.07. The number of nitrogens with one attached hydrogen (secondary N) is 1. The maximum atomic E-state index is 12.5. The van der Waals surface area contributed by atoms with E-state index in [-0.39, 0.29) is 25.7 Å². The maximum Gasteiger partial charge on any atom is 0.341 e. The molecule has 2 aromatic rings. The van der Waals surface area contributed by atoms with Crippen molar-refractivity contribution in [3.05, 3.63) is 45.8 Å². The molecule has 0 bridgehead atoms. The molecule has 0 aliphatic heterocycles. The van der Waals surface area contributed by atoms with Crippen LogP contribution in [0.1, 0.15) is 46.1 Å². The number of carbonyl (C=O) groups excluding carboxylic acids is 2. The third-order valence-corrected chi connectivity index (χ3v) is 7.64. The van der Waals surface area contributed by atoms with Crippen molar-refractivity contribution >= 4 is 38.2 Å². The van der Waals surface area contributed by atoms with E-state index in [4.69, 9.17) is 9.47 Å². The van der Waals surface area contributed by atoms with E-state index in [1.54, 1.807) is 31.2 Å². The Balaban J connectivity index is 1.62. The molecular weight excluding hydrogens is 452 g/mol. The predicted molar refractivity (Wildman–Crippen MR) is 124 cm³/mol. The fourth-order valence-electron chi connectivity index (χ4n) is 3.45. The van der Waals surface area contributed by atoms with E-state index in [1.165, 1.54) is 22.7 Å². The zero-order valence-corrected chi connectivity index (χ0v) is 20.1. The Kier molecular flexibility index (Phi) is 7.91. The van der Waals surface area contributed by atoms with E-state index >= 15 is 0 Å². The molecule has 10 heteroatoms. The van der Waals surface area contributed by atoms with Crippen molar-refractivity contribution in [2.75, 3.05) is 31.8 Å². The number of hydrogen-bond acceptors (Lipinski definition) is 7. The van der Waals surface area contributed by atoms with E-state index in [2.05, 4.69) is 5.32 Å². The van der Waals surface area contributed by atoms with Gasteiger partial charge in [0.2, 0.25) is 10.0 Å². The molecule has 0 spiro atoms. The van der Waals surface area contributed by atoms with Gasteiger partial charge in [0.25, 0.3) is 5.91 Å². The van der Waals surface area contributed by atoms with Crippen LogP contribution in [0.4, 0.5) is 5.00 Å². The number of anilines is 1. The monoisotopic (exact) mass is 480 g/mol. The summed E-state index contributed by atoms with van der Waals surface area (Å²) < 4.78 is 35.1. The number of fused-ring (bicyclic) bond motifs is 1. The number of nitrogens with zero attached hydrogens (tertiary/aromatic N) is 1. The summed E-state index contributed by atoms with van der Waals surface area (Å²) >= 11 is 1.43. The van der Waals surface area contributed by atoms with Crippen molar-refractivity contribution in [2.24, 2.45) is 0 Å². The number of amides is 1. The largest absolute Gasteiger partial charge is 0.484 e. The van der Waals surface area contributed by atoms with Gasteiger partial charge in [0, 0.05) is 18.5 Å². The standard InChI is InChI=1S/C22H28N2O6S2/c1-4-29-22(26)20-17-7-5-6-8-18(17)31-21(20)23-19(25)14-30-16-11-9-15(10-12-16)13-24(2)32(3,27)28/h9-12H,4-8,13-14H2,1-3H3,(H,23,25). The highest BCUT2D eigenvalue weighted by Gasteiger charge is 2.27. The second-order valence-electron chi connectivity index (χ2n) is 7.64. The Labute approximate surface area is 192 Å². The van der Waals surface area contributed by atoms with Crippen molar-refractivity contribution in [2.45, 2.75) is 39.2 Å². The minimum absolute atomic E-state index is 0.215. The summed E-state index contributed by atoms with van der Waals surface area (Å²) in [4.78, 5) is 26.1. The molecule has 32 heavy (non-hydrogen) atoms. The van der Waals surface area contributed by atoms with E-state index in [0.29, 0.717) is 16.3 Å². The van der Waals surface area contributed by atoms with Gasteiger partial charge in [-0.05, 0) is 55.9 Å². The second kappa shape index (κ2) is 10.5. The van der Waals surface area contributed by atoms with E-state index in [0.717, 1.165) is 47.9 Å². The van der Waals surface area contributed by atoms with Crippen LogP contribution in [0.5, 0.6) is 5.75 Å². The second-order valence-corrected chi connectivity index (χ2v) is 10.8. The lowest BCUT2D eigenvalue weighted by molar-refractivity contribution is -0.118. The zero-order valence-electron chi connectivity index (χ0n) is 18.5. The fourth-order valence-corrected chi connectivity index (χ4v) is 5.13. The number of ether oxygens (including phenoxy) is 2. The maximum absolute atomic E-state index is 12.5. The van der Waals surface area contributed by atoms with Crippen molar-refractivity contribution in [3.8, 4) is 5.75 Å². The van der Waals surface area contributed by atoms with Crippen LogP contribution in [-0.4, -0.2) is 51.1 Å². The number of aryl methyl sites for hydroxylation is 1. The molecule has 174 valence electrons. The molecule has 8 nitrogen and oxygen atoms in total. The molecule has 1 heterocycles. The molecule has 1 aromatic carbocycles. The van der Waals surface area contributed by atoms with Gasteiger partial charge >= 0.3 is 5.97 Å². The average Bonchev–Trinajstić information content (AvgIpc) is 3.10. The van der Waals surface area contributed by atoms with Crippen LogP contribution in [0.25, 0.3) is 0 Å². The van der Waals surface area contributed by atoms with Crippen molar-refractivity contribution < 1.29 is 27.5 Å². The Hall–Kier alpha value is -2.43. The van der Waals surface area contributed by atoms with Crippen molar-refractivity contribution in [1.29, 1.82) is 0 Å². The highest BCUT2D eigenvalue weighted by atomic mass is 32.2. The van der Waals surface area contributed by atoms with Gasteiger partial charge in [-0.2, -0.15) is 0 Å². The van der Waals surface area contributed by atoms with Crippen LogP contribution in [0.15, 0.2) is 24.3 Å². The third kappa shape index (κ3) is 6.08. The normalized spacial score (nSPS) is 13.5. The average molecular weight is 481 g/mol. The Bertz CT molecular complexity index is 1080. The van der Waals surface area contributed by atoms with Gasteiger partial charge in [0.15, 0.2) is 6.61 Å². The van der Waals surface area contributed by atoms with E-state index < -0.39 is 16.0 Å². The van der Waals surface area contributed by atoms with Gasteiger partial charge in [-0.1, -0.05) is 12.1 Å². The lowest BCUT2D eigenvalue weighted by Crippen LogP contribution is -2.24. The van der Waals surface area contributed by atoms with Crippen LogP contribution in [0.2, 0.25) is 0 Å². The topological polar surface area (TPSA) is 102 Å². The first kappa shape index (κ1) is 24.2. The smallest absolute Gasteiger partial charge is 0.341 e. The fraction of sp³-hybridized carbons (Fsp3) is 0.455. The van der Waals surface area contributed by atoms with Gasteiger partial charge < -0.3 is 14.8 Å². The summed E-state index contributed by atoms with van der Waals surface area (Å²) in [6, 6.07) is 6.88. The molecule has 0 fully saturated rings. The molecule has 0 unspecified atom stereocenters. The third-order valence-electron chi connectivity index (χ3n) is 5.17. The summed E-state index contributed by atoms with van der Waals surface area (Å²) in [7, 11) is -1.75. The number of thiophene rings is 1. The number of carbonyl (C=O) groups is 2. The quantitative estimate of drug-likeness (QED) is 0.553. The molecule has 1 aromatic heterocycles. The van der Waals surface area contributed by atoms with Gasteiger partial charge in [-0.3, -0.25) is 4.79 Å². The molecule has 1 N–H and O–H groups in total. The SMILES string of the molecule is CCOC(=O)c1c(NC(=O)COc2ccc(CN(C)S(C)(=O)=O)cc2)sc2c1CCCC2. The van der Waals surface area contributed by atoms with Crippen LogP contribution in [0.3, 0.4) is 0 Å². The van der Waals surface area contributed by atoms with Gasteiger partial charge in [-0.25, -0.2) is 17.5 Å². The Morgan fingerprint density at radius 2 is 1.84 bits per heavy atom. The summed E-state index contributed by atoms with van der Waals surface area (Å²) in [5.41, 5.74) is 2.27. The van der Waals surface area contributed by atoms with Crippen LogP contribution >= 0.6 is 11.3 Å². The molecule has 1 aliphatic rings. The summed E-state index contributed by atoms with van der Waals surface area (Å²) in [6.07, 6.45) is 4.96. The minimum atomic E-state index is -3.26. The Morgan fingerprint density at radius 3 is 2.50 bits per heavy atom. The highest BCUT2D eigenvalue weighted by Crippen LogP contribution is 2.38. The Morgan fingerprint density at radius 1 is 1.16 bits per heavy atom. The first-order chi connectivity index (χ1) is 15.2. The van der Waals surface area contributed by atoms with E-state index in [9.17, 15) is 18.0 Å². The lowest BCUT2D eigenvalue weighted by Gasteiger charge is -2.14. The molecule has 0 radical (unpaired) electrons. The summed E-state index contributed by atoms with van der Waals surface area (Å²) in [5, 5.41) is 3.33. The summed E-state index contributed by atoms with van der Waals surface area (Å²) in [5.74, 6) is -0.283. The van der Waals surface area contributed by atoms with Gasteiger partial charge in [-0.15, -0.1) is 11.3 Å². The minimum Gasteiger partial charge on any atom is -0.484 e. The number of esters is 1. The number of benzene rings is 1. The zero-order chi connectivity index (χ0) is 23.3. The van der Waals surface area contributed by atoms with Crippen molar-refractivity contribution in [1.82, 2.24) is 4.31 Å². The van der Waals surface area contributed by atoms with Gasteiger partial charge in [0.05, 0.1) is 18.4 Å². The predicted octanol–water partition coefficient (Wildman–Crippen LogP) is 3.21. The highest BCUT2D eigenvalue weighted by molar-refractivity contribution is 7.88. The molecule has 1 amide bonds. The van der Waals surface area contributed by atoms with Crippen molar-refractivity contribution in [3.63, 3.8) is 0 Å². The number of rotatable bonds is 9. The molecule has 0 atom stereocenters. The van der Waals surface area contributed by atoms with Crippen LogP contribution in [0, 0.1) is 0 Å².